The summed E-state index contributed by atoms with van der Waals surface area (Å²) in [6.45, 7) is 5.75. The zero-order chi connectivity index (χ0) is 33.2. The molecular formula is C32H48ClN7O5. The lowest BCUT2D eigenvalue weighted by atomic mass is 9.82. The van der Waals surface area contributed by atoms with Gasteiger partial charge in [-0.1, -0.05) is 50.4 Å². The Bertz CT molecular complexity index is 1260. The van der Waals surface area contributed by atoms with Gasteiger partial charge in [0, 0.05) is 36.4 Å². The van der Waals surface area contributed by atoms with Crippen LogP contribution in [0.4, 0.5) is 0 Å². The molecule has 0 unspecified atom stereocenters. The number of nitrogens with one attached hydrogen (secondary N) is 4. The molecule has 0 radical (unpaired) electrons. The minimum Gasteiger partial charge on any atom is -0.370 e. The lowest BCUT2D eigenvalue weighted by Crippen LogP contribution is -2.60. The largest absolute Gasteiger partial charge is 0.370 e. The van der Waals surface area contributed by atoms with E-state index in [2.05, 4.69) is 26.3 Å². The average Bonchev–Trinajstić information content (AvgIpc) is 3.46. The SMILES string of the molecule is CC(C)C(=O)N[C@]1(C)CCCCNC(=O)[C@@H](c2ccc(Cl)cc2)NC(=O)C2(CCCC2)NC(=O)[C@H](CCCN=C(N)N)CC1=O. The van der Waals surface area contributed by atoms with Gasteiger partial charge < -0.3 is 32.7 Å². The Morgan fingerprint density at radius 2 is 1.67 bits per heavy atom. The average molecular weight is 646 g/mol. The van der Waals surface area contributed by atoms with Crippen molar-refractivity contribution in [3.63, 3.8) is 0 Å². The molecule has 1 heterocycles. The topological polar surface area (TPSA) is 198 Å². The number of benzene rings is 1. The molecule has 1 aromatic rings. The fourth-order valence-corrected chi connectivity index (χ4v) is 6.00. The molecule has 248 valence electrons. The first-order chi connectivity index (χ1) is 21.3. The second-order valence-corrected chi connectivity index (χ2v) is 13.2. The van der Waals surface area contributed by atoms with Gasteiger partial charge in [0.1, 0.15) is 11.6 Å². The zero-order valence-corrected chi connectivity index (χ0v) is 27.3. The number of nitrogens with two attached hydrogens (primary N) is 2. The van der Waals surface area contributed by atoms with Crippen LogP contribution in [0.2, 0.25) is 5.02 Å². The van der Waals surface area contributed by atoms with Crippen molar-refractivity contribution in [3.8, 4) is 0 Å². The van der Waals surface area contributed by atoms with E-state index in [1.165, 1.54) is 0 Å². The summed E-state index contributed by atoms with van der Waals surface area (Å²) in [4.78, 5) is 72.1. The van der Waals surface area contributed by atoms with Crippen LogP contribution in [0.3, 0.4) is 0 Å². The first kappa shape index (κ1) is 35.8. The van der Waals surface area contributed by atoms with E-state index in [0.717, 1.165) is 0 Å². The van der Waals surface area contributed by atoms with E-state index in [-0.39, 0.29) is 43.0 Å². The van der Waals surface area contributed by atoms with Crippen molar-refractivity contribution < 1.29 is 24.0 Å². The van der Waals surface area contributed by atoms with Crippen LogP contribution in [0.1, 0.15) is 96.6 Å². The molecular weight excluding hydrogens is 598 g/mol. The minimum atomic E-state index is -1.25. The van der Waals surface area contributed by atoms with E-state index in [1.54, 1.807) is 45.0 Å². The third-order valence-corrected chi connectivity index (χ3v) is 9.00. The number of hydrogen-bond acceptors (Lipinski definition) is 6. The number of ketones is 1. The van der Waals surface area contributed by atoms with E-state index in [1.807, 2.05) is 0 Å². The van der Waals surface area contributed by atoms with Gasteiger partial charge in [-0.3, -0.25) is 29.0 Å². The molecule has 3 rings (SSSR count). The van der Waals surface area contributed by atoms with Crippen molar-refractivity contribution in [2.75, 3.05) is 13.1 Å². The Morgan fingerprint density at radius 3 is 2.29 bits per heavy atom. The van der Waals surface area contributed by atoms with Crippen molar-refractivity contribution in [3.05, 3.63) is 34.9 Å². The summed E-state index contributed by atoms with van der Waals surface area (Å²) in [5.74, 6) is -3.07. The van der Waals surface area contributed by atoms with Gasteiger partial charge in [0.2, 0.25) is 23.6 Å². The molecule has 3 atom stereocenters. The highest BCUT2D eigenvalue weighted by molar-refractivity contribution is 6.30. The quantitative estimate of drug-likeness (QED) is 0.149. The maximum absolute atomic E-state index is 14.0. The molecule has 12 nitrogen and oxygen atoms in total. The highest BCUT2D eigenvalue weighted by Crippen LogP contribution is 2.33. The molecule has 0 aromatic heterocycles. The molecule has 13 heteroatoms. The number of hydrogen-bond donors (Lipinski definition) is 6. The van der Waals surface area contributed by atoms with Crippen molar-refractivity contribution in [1.82, 2.24) is 21.3 Å². The predicted octanol–water partition coefficient (Wildman–Crippen LogP) is 2.39. The Hall–Kier alpha value is -3.67. The van der Waals surface area contributed by atoms with Crippen LogP contribution in [0, 0.1) is 11.8 Å². The van der Waals surface area contributed by atoms with Crippen LogP contribution in [0.5, 0.6) is 0 Å². The number of guanidine groups is 1. The van der Waals surface area contributed by atoms with Crippen molar-refractivity contribution in [2.45, 2.75) is 102 Å². The lowest BCUT2D eigenvalue weighted by molar-refractivity contribution is -0.139. The molecule has 1 spiro atoms. The Kier molecular flexibility index (Phi) is 12.8. The molecule has 1 aromatic carbocycles. The first-order valence-corrected chi connectivity index (χ1v) is 16.2. The van der Waals surface area contributed by atoms with E-state index < -0.39 is 40.8 Å². The second-order valence-electron chi connectivity index (χ2n) is 12.7. The Balaban J connectivity index is 1.99. The first-order valence-electron chi connectivity index (χ1n) is 15.8. The summed E-state index contributed by atoms with van der Waals surface area (Å²) in [6.07, 6.45) is 4.13. The highest BCUT2D eigenvalue weighted by Gasteiger charge is 2.46. The van der Waals surface area contributed by atoms with E-state index in [9.17, 15) is 24.0 Å². The van der Waals surface area contributed by atoms with Crippen molar-refractivity contribution >= 4 is 47.0 Å². The number of rotatable bonds is 7. The third kappa shape index (κ3) is 9.91. The molecule has 8 N–H and O–H groups in total. The third-order valence-electron chi connectivity index (χ3n) is 8.74. The van der Waals surface area contributed by atoms with Crippen LogP contribution >= 0.6 is 11.6 Å². The highest BCUT2D eigenvalue weighted by atomic mass is 35.5. The zero-order valence-electron chi connectivity index (χ0n) is 26.5. The number of Topliss-reactive ketones (excluding diaryl/α,β-unsaturated/α-hetero) is 1. The van der Waals surface area contributed by atoms with Crippen molar-refractivity contribution in [1.29, 1.82) is 0 Å². The molecule has 1 saturated carbocycles. The van der Waals surface area contributed by atoms with Gasteiger partial charge in [-0.2, -0.15) is 0 Å². The van der Waals surface area contributed by atoms with Gasteiger partial charge in [0.25, 0.3) is 0 Å². The fourth-order valence-electron chi connectivity index (χ4n) is 5.88. The molecule has 2 aliphatic rings. The molecule has 1 aliphatic heterocycles. The number of carbonyl (C=O) groups excluding carboxylic acids is 5. The summed E-state index contributed by atoms with van der Waals surface area (Å²) in [5, 5.41) is 12.2. The molecule has 0 bridgehead atoms. The number of carbonyl (C=O) groups is 5. The normalized spacial score (nSPS) is 24.9. The van der Waals surface area contributed by atoms with Crippen LogP contribution < -0.4 is 32.7 Å². The minimum absolute atomic E-state index is 0.0710. The van der Waals surface area contributed by atoms with Gasteiger partial charge in [-0.25, -0.2) is 0 Å². The number of nitrogens with zero attached hydrogens (tertiary/aromatic N) is 1. The maximum atomic E-state index is 14.0. The van der Waals surface area contributed by atoms with Crippen LogP contribution in [0.15, 0.2) is 29.3 Å². The Labute approximate surface area is 270 Å². The number of amides is 4. The van der Waals surface area contributed by atoms with Gasteiger partial charge in [0.15, 0.2) is 11.7 Å². The summed E-state index contributed by atoms with van der Waals surface area (Å²) in [5.41, 5.74) is 9.02. The molecule has 45 heavy (non-hydrogen) atoms. The Morgan fingerprint density at radius 1 is 1.02 bits per heavy atom. The van der Waals surface area contributed by atoms with E-state index in [0.29, 0.717) is 68.5 Å². The summed E-state index contributed by atoms with van der Waals surface area (Å²) in [7, 11) is 0. The lowest BCUT2D eigenvalue weighted by Gasteiger charge is -2.34. The van der Waals surface area contributed by atoms with Gasteiger partial charge in [-0.15, -0.1) is 0 Å². The monoisotopic (exact) mass is 645 g/mol. The smallest absolute Gasteiger partial charge is 0.247 e. The molecule has 1 saturated heterocycles. The summed E-state index contributed by atoms with van der Waals surface area (Å²) >= 11 is 6.09. The van der Waals surface area contributed by atoms with E-state index >= 15 is 0 Å². The van der Waals surface area contributed by atoms with E-state index in [4.69, 9.17) is 23.1 Å². The van der Waals surface area contributed by atoms with Crippen LogP contribution in [-0.2, 0) is 24.0 Å². The second kappa shape index (κ2) is 16.1. The standard InChI is InChI=1S/C32H48ClN7O5/c1-20(2)26(42)39-31(3)14-6-7-17-36-28(44)25(21-10-12-23(33)13-11-21)38-29(45)32(15-4-5-16-32)40-27(43)22(19-24(31)41)9-8-18-37-30(34)35/h10-13,20,22,25H,4-9,14-19H2,1-3H3,(H,36,44)(H,38,45)(H,39,42)(H,40,43)(H4,34,35,37)/t22-,25-,31-/m1/s1. The predicted molar refractivity (Wildman–Crippen MR) is 173 cm³/mol. The fraction of sp³-hybridized carbons (Fsp3) is 0.625. The van der Waals surface area contributed by atoms with Crippen LogP contribution in [-0.4, -0.2) is 59.5 Å². The molecule has 1 aliphatic carbocycles. The maximum Gasteiger partial charge on any atom is 0.247 e. The van der Waals surface area contributed by atoms with Crippen molar-refractivity contribution in [2.24, 2.45) is 28.3 Å². The number of aliphatic imine (C=N–C) groups is 1. The van der Waals surface area contributed by atoms with Gasteiger partial charge in [0.05, 0.1) is 5.54 Å². The van der Waals surface area contributed by atoms with Gasteiger partial charge in [-0.05, 0) is 69.6 Å². The summed E-state index contributed by atoms with van der Waals surface area (Å²) in [6, 6.07) is 5.67. The van der Waals surface area contributed by atoms with Gasteiger partial charge >= 0.3 is 0 Å². The number of halogens is 1. The molecule has 2 fully saturated rings. The summed E-state index contributed by atoms with van der Waals surface area (Å²) < 4.78 is 0. The molecule has 4 amide bonds. The van der Waals surface area contributed by atoms with Crippen LogP contribution in [0.25, 0.3) is 0 Å².